The van der Waals surface area contributed by atoms with E-state index in [1.807, 2.05) is 6.92 Å². The highest BCUT2D eigenvalue weighted by atomic mass is 16.5. The van der Waals surface area contributed by atoms with Crippen LogP contribution in [0.1, 0.15) is 89.8 Å². The number of carbonyl (C=O) groups is 1. The third kappa shape index (κ3) is 2.63. The lowest BCUT2D eigenvalue weighted by atomic mass is 9.33. The fourth-order valence-corrected chi connectivity index (χ4v) is 8.66. The first kappa shape index (κ1) is 23.5. The molecule has 4 aliphatic carbocycles. The third-order valence-corrected chi connectivity index (χ3v) is 11.5. The molecule has 5 rings (SSSR count). The van der Waals surface area contributed by atoms with Gasteiger partial charge in [-0.25, -0.2) is 0 Å². The van der Waals surface area contributed by atoms with E-state index in [1.165, 1.54) is 12.7 Å². The van der Waals surface area contributed by atoms with Crippen LogP contribution in [0.4, 0.5) is 0 Å². The summed E-state index contributed by atoms with van der Waals surface area (Å²) in [5.74, 6) is 0.264. The lowest BCUT2D eigenvalue weighted by Gasteiger charge is -2.70. The van der Waals surface area contributed by atoms with E-state index in [1.54, 1.807) is 6.07 Å². The number of esters is 1. The summed E-state index contributed by atoms with van der Waals surface area (Å²) in [5, 5.41) is 20.8. The van der Waals surface area contributed by atoms with Gasteiger partial charge in [-0.2, -0.15) is 0 Å². The summed E-state index contributed by atoms with van der Waals surface area (Å²) in [5.41, 5.74) is 3.62. The highest BCUT2D eigenvalue weighted by Gasteiger charge is 2.68. The summed E-state index contributed by atoms with van der Waals surface area (Å²) in [4.78, 5) is 12.8. The normalized spacial score (nSPS) is 42.6. The van der Waals surface area contributed by atoms with Crippen LogP contribution < -0.4 is 0 Å². The van der Waals surface area contributed by atoms with Crippen molar-refractivity contribution in [3.8, 4) is 11.5 Å². The van der Waals surface area contributed by atoms with Crippen molar-refractivity contribution in [3.63, 3.8) is 0 Å². The molecule has 0 saturated heterocycles. The number of aromatic hydroxyl groups is 2. The SMILES string of the molecule is COC(=O)[C@]1(C)CC[C@]2(C)CC[C@@]3(C)[C@@](C)(CC=C4c5cc(O)c(O)c(C)c5C=C[C@]43C)C2C1. The largest absolute Gasteiger partial charge is 0.504 e. The Kier molecular flexibility index (Phi) is 4.79. The van der Waals surface area contributed by atoms with Gasteiger partial charge in [0.05, 0.1) is 12.5 Å². The Labute approximate surface area is 204 Å². The molecular formula is C30H40O4. The Hall–Kier alpha value is -2.23. The second-order valence-corrected chi connectivity index (χ2v) is 12.9. The van der Waals surface area contributed by atoms with E-state index >= 15 is 0 Å². The van der Waals surface area contributed by atoms with Gasteiger partial charge in [-0.3, -0.25) is 4.79 Å². The van der Waals surface area contributed by atoms with Crippen molar-refractivity contribution in [2.24, 2.45) is 33.0 Å². The summed E-state index contributed by atoms with van der Waals surface area (Å²) in [6, 6.07) is 1.75. The molecule has 0 aromatic heterocycles. The van der Waals surface area contributed by atoms with Gasteiger partial charge in [0.2, 0.25) is 0 Å². The van der Waals surface area contributed by atoms with Gasteiger partial charge in [0.25, 0.3) is 0 Å². The van der Waals surface area contributed by atoms with Crippen LogP contribution in [0.2, 0.25) is 0 Å². The molecule has 0 bridgehead atoms. The van der Waals surface area contributed by atoms with Gasteiger partial charge in [-0.15, -0.1) is 0 Å². The summed E-state index contributed by atoms with van der Waals surface area (Å²) in [6.45, 7) is 13.7. The molecule has 0 heterocycles. The molecule has 0 radical (unpaired) electrons. The van der Waals surface area contributed by atoms with Crippen molar-refractivity contribution in [2.45, 2.75) is 80.1 Å². The quantitative estimate of drug-likeness (QED) is 0.346. The van der Waals surface area contributed by atoms with Crippen LogP contribution in [0.3, 0.4) is 0 Å². The molecule has 2 N–H and O–H groups in total. The second kappa shape index (κ2) is 6.92. The Morgan fingerprint density at radius 3 is 2.41 bits per heavy atom. The van der Waals surface area contributed by atoms with E-state index in [-0.39, 0.29) is 39.1 Å². The number of phenols is 2. The van der Waals surface area contributed by atoms with Crippen molar-refractivity contribution < 1.29 is 19.7 Å². The molecule has 4 nitrogen and oxygen atoms in total. The molecule has 0 spiro atoms. The predicted octanol–water partition coefficient (Wildman–Crippen LogP) is 7.02. The van der Waals surface area contributed by atoms with Crippen LogP contribution in [0, 0.1) is 39.9 Å². The number of rotatable bonds is 1. The molecule has 1 aromatic rings. The van der Waals surface area contributed by atoms with Gasteiger partial charge >= 0.3 is 5.97 Å². The second-order valence-electron chi connectivity index (χ2n) is 12.9. The lowest BCUT2D eigenvalue weighted by molar-refractivity contribution is -0.190. The van der Waals surface area contributed by atoms with Gasteiger partial charge in [-0.05, 0) is 97.3 Å². The highest BCUT2D eigenvalue weighted by molar-refractivity contribution is 5.87. The van der Waals surface area contributed by atoms with Crippen LogP contribution in [-0.4, -0.2) is 23.3 Å². The molecule has 0 amide bonds. The summed E-state index contributed by atoms with van der Waals surface area (Å²) < 4.78 is 5.27. The molecule has 2 fully saturated rings. The van der Waals surface area contributed by atoms with Crippen LogP contribution in [-0.2, 0) is 9.53 Å². The minimum absolute atomic E-state index is 0.0156. The van der Waals surface area contributed by atoms with Crippen molar-refractivity contribution in [1.29, 1.82) is 0 Å². The summed E-state index contributed by atoms with van der Waals surface area (Å²) >= 11 is 0. The Bertz CT molecular complexity index is 1150. The topological polar surface area (TPSA) is 66.8 Å². The van der Waals surface area contributed by atoms with Gasteiger partial charge in [0, 0.05) is 11.0 Å². The maximum Gasteiger partial charge on any atom is 0.311 e. The van der Waals surface area contributed by atoms with Gasteiger partial charge in [0.15, 0.2) is 11.5 Å². The Morgan fingerprint density at radius 1 is 1.06 bits per heavy atom. The third-order valence-electron chi connectivity index (χ3n) is 11.5. The van der Waals surface area contributed by atoms with E-state index in [2.05, 4.69) is 52.8 Å². The summed E-state index contributed by atoms with van der Waals surface area (Å²) in [6.07, 6.45) is 13.0. The molecule has 2 saturated carbocycles. The average Bonchev–Trinajstić information content (AvgIpc) is 2.80. The zero-order valence-corrected chi connectivity index (χ0v) is 21.8. The number of hydrogen-bond acceptors (Lipinski definition) is 4. The zero-order valence-electron chi connectivity index (χ0n) is 21.8. The number of benzene rings is 1. The minimum atomic E-state index is -0.430. The number of ether oxygens (including phenoxy) is 1. The van der Waals surface area contributed by atoms with Crippen molar-refractivity contribution in [2.75, 3.05) is 7.11 Å². The van der Waals surface area contributed by atoms with Crippen LogP contribution in [0.15, 0.2) is 18.2 Å². The van der Waals surface area contributed by atoms with Crippen LogP contribution >= 0.6 is 0 Å². The highest BCUT2D eigenvalue weighted by Crippen LogP contribution is 2.76. The maximum atomic E-state index is 12.8. The van der Waals surface area contributed by atoms with Crippen molar-refractivity contribution in [3.05, 3.63) is 34.9 Å². The number of phenolic OH excluding ortho intramolecular Hbond substituents is 2. The molecular weight excluding hydrogens is 424 g/mol. The molecule has 184 valence electrons. The zero-order chi connectivity index (χ0) is 24.9. The van der Waals surface area contributed by atoms with Gasteiger partial charge in [-0.1, -0.05) is 45.9 Å². The number of methoxy groups -OCH3 is 1. The smallest absolute Gasteiger partial charge is 0.311 e. The molecule has 6 atom stereocenters. The first-order chi connectivity index (χ1) is 15.8. The first-order valence-corrected chi connectivity index (χ1v) is 12.8. The molecule has 0 aliphatic heterocycles. The van der Waals surface area contributed by atoms with E-state index in [4.69, 9.17) is 4.74 Å². The van der Waals surface area contributed by atoms with E-state index in [0.717, 1.165) is 55.2 Å². The molecule has 4 aliphatic rings. The number of hydrogen-bond donors (Lipinski definition) is 2. The van der Waals surface area contributed by atoms with E-state index in [0.29, 0.717) is 5.92 Å². The molecule has 1 unspecified atom stereocenters. The van der Waals surface area contributed by atoms with Crippen LogP contribution in [0.5, 0.6) is 11.5 Å². The monoisotopic (exact) mass is 464 g/mol. The average molecular weight is 465 g/mol. The Morgan fingerprint density at radius 2 is 1.74 bits per heavy atom. The predicted molar refractivity (Wildman–Crippen MR) is 135 cm³/mol. The van der Waals surface area contributed by atoms with Crippen LogP contribution in [0.25, 0.3) is 11.6 Å². The lowest BCUT2D eigenvalue weighted by Crippen LogP contribution is -2.63. The Balaban J connectivity index is 1.66. The van der Waals surface area contributed by atoms with Crippen molar-refractivity contribution in [1.82, 2.24) is 0 Å². The van der Waals surface area contributed by atoms with E-state index in [9.17, 15) is 15.0 Å². The number of allylic oxidation sites excluding steroid dienone is 3. The van der Waals surface area contributed by atoms with Crippen molar-refractivity contribution >= 4 is 17.6 Å². The first-order valence-electron chi connectivity index (χ1n) is 12.8. The number of fused-ring (bicyclic) bond motifs is 7. The van der Waals surface area contributed by atoms with Gasteiger partial charge < -0.3 is 14.9 Å². The summed E-state index contributed by atoms with van der Waals surface area (Å²) in [7, 11) is 1.52. The fraction of sp³-hybridized carbons (Fsp3) is 0.633. The fourth-order valence-electron chi connectivity index (χ4n) is 8.66. The number of carbonyl (C=O) groups excluding carboxylic acids is 1. The molecule has 34 heavy (non-hydrogen) atoms. The molecule has 4 heteroatoms. The van der Waals surface area contributed by atoms with E-state index < -0.39 is 5.41 Å². The standard InChI is InChI=1S/C30H40O4/c1-18-19-8-10-28(4)21(20(19)16-22(31)24(18)32)9-11-29(5)23-17-27(3,25(33)34-7)13-12-26(23,2)14-15-30(28,29)6/h8-10,16,23,31-32H,11-15,17H2,1-7H3/t23?,26-,27-,28-,29+,30-/m1/s1. The van der Waals surface area contributed by atoms with Gasteiger partial charge in [0.1, 0.15) is 0 Å². The maximum absolute atomic E-state index is 12.8. The minimum Gasteiger partial charge on any atom is -0.504 e. The molecule has 1 aromatic carbocycles.